The number of aliphatic hydroxyl groups is 1. The van der Waals surface area contributed by atoms with Crippen LogP contribution in [0.3, 0.4) is 0 Å². The lowest BCUT2D eigenvalue weighted by Gasteiger charge is -2.29. The summed E-state index contributed by atoms with van der Waals surface area (Å²) in [5.74, 6) is 1.02. The zero-order chi connectivity index (χ0) is 14.4. The first kappa shape index (κ1) is 14.9. The van der Waals surface area contributed by atoms with Crippen molar-refractivity contribution in [2.75, 3.05) is 19.7 Å². The van der Waals surface area contributed by atoms with Crippen LogP contribution in [0.1, 0.15) is 31.2 Å². The van der Waals surface area contributed by atoms with E-state index in [0.717, 1.165) is 12.2 Å². The van der Waals surface area contributed by atoms with Gasteiger partial charge in [0.25, 0.3) is 0 Å². The van der Waals surface area contributed by atoms with E-state index in [0.29, 0.717) is 39.0 Å². The summed E-state index contributed by atoms with van der Waals surface area (Å²) in [5.41, 5.74) is 1.21. The van der Waals surface area contributed by atoms with Gasteiger partial charge in [-0.1, -0.05) is 17.7 Å². The maximum Gasteiger partial charge on any atom is 0.222 e. The first-order valence-electron chi connectivity index (χ1n) is 7.30. The standard InChI is InChI=1S/C16H23NO3/c1-13-4-6-15(7-5-13)20-12-2-3-16(19)17-10-8-14(18)9-11-17/h4-7,14,18H,2-3,8-12H2,1H3. The van der Waals surface area contributed by atoms with E-state index in [9.17, 15) is 9.90 Å². The minimum absolute atomic E-state index is 0.171. The molecule has 0 atom stereocenters. The number of aryl methyl sites for hydroxylation is 1. The van der Waals surface area contributed by atoms with Crippen LogP contribution in [0.2, 0.25) is 0 Å². The number of ether oxygens (including phenoxy) is 1. The van der Waals surface area contributed by atoms with Crippen molar-refractivity contribution >= 4 is 5.91 Å². The third-order valence-corrected chi connectivity index (χ3v) is 3.64. The lowest BCUT2D eigenvalue weighted by molar-refractivity contribution is -0.133. The summed E-state index contributed by atoms with van der Waals surface area (Å²) >= 11 is 0. The molecule has 1 saturated heterocycles. The van der Waals surface area contributed by atoms with Gasteiger partial charge in [0.1, 0.15) is 5.75 Å². The van der Waals surface area contributed by atoms with Crippen LogP contribution in [0.15, 0.2) is 24.3 Å². The second kappa shape index (κ2) is 7.29. The van der Waals surface area contributed by atoms with Crippen molar-refractivity contribution in [3.63, 3.8) is 0 Å². The summed E-state index contributed by atoms with van der Waals surface area (Å²) in [6, 6.07) is 7.92. The number of hydrogen-bond acceptors (Lipinski definition) is 3. The Morgan fingerprint density at radius 1 is 1.30 bits per heavy atom. The second-order valence-electron chi connectivity index (χ2n) is 5.38. The Balaban J connectivity index is 1.63. The minimum Gasteiger partial charge on any atom is -0.494 e. The van der Waals surface area contributed by atoms with E-state index in [4.69, 9.17) is 4.74 Å². The first-order valence-corrected chi connectivity index (χ1v) is 7.30. The van der Waals surface area contributed by atoms with E-state index >= 15 is 0 Å². The molecule has 4 nitrogen and oxygen atoms in total. The molecule has 1 aliphatic rings. The van der Waals surface area contributed by atoms with Gasteiger partial charge in [0.05, 0.1) is 12.7 Å². The molecule has 20 heavy (non-hydrogen) atoms. The van der Waals surface area contributed by atoms with E-state index in [1.54, 1.807) is 0 Å². The summed E-state index contributed by atoms with van der Waals surface area (Å²) in [5, 5.41) is 9.41. The van der Waals surface area contributed by atoms with Gasteiger partial charge in [-0.05, 0) is 38.3 Å². The smallest absolute Gasteiger partial charge is 0.222 e. The number of amides is 1. The molecule has 4 heteroatoms. The van der Waals surface area contributed by atoms with Crippen LogP contribution in [0.25, 0.3) is 0 Å². The third kappa shape index (κ3) is 4.53. The van der Waals surface area contributed by atoms with Crippen molar-refractivity contribution in [1.82, 2.24) is 4.90 Å². The molecule has 1 aromatic rings. The maximum atomic E-state index is 11.9. The summed E-state index contributed by atoms with van der Waals surface area (Å²) in [6.45, 7) is 3.96. The quantitative estimate of drug-likeness (QED) is 0.839. The fraction of sp³-hybridized carbons (Fsp3) is 0.562. The molecule has 0 spiro atoms. The van der Waals surface area contributed by atoms with Crippen LogP contribution < -0.4 is 4.74 Å². The van der Waals surface area contributed by atoms with E-state index in [1.807, 2.05) is 36.1 Å². The zero-order valence-corrected chi connectivity index (χ0v) is 12.0. The molecule has 1 aromatic carbocycles. The first-order chi connectivity index (χ1) is 9.65. The molecule has 1 amide bonds. The number of likely N-dealkylation sites (tertiary alicyclic amines) is 1. The van der Waals surface area contributed by atoms with Gasteiger partial charge in [-0.25, -0.2) is 0 Å². The van der Waals surface area contributed by atoms with Crippen LogP contribution in [0, 0.1) is 6.92 Å². The molecule has 0 bridgehead atoms. The monoisotopic (exact) mass is 277 g/mol. The summed E-state index contributed by atoms with van der Waals surface area (Å²) in [4.78, 5) is 13.8. The van der Waals surface area contributed by atoms with Crippen molar-refractivity contribution in [3.8, 4) is 5.75 Å². The van der Waals surface area contributed by atoms with Crippen molar-refractivity contribution in [1.29, 1.82) is 0 Å². The Morgan fingerprint density at radius 2 is 1.95 bits per heavy atom. The van der Waals surface area contributed by atoms with E-state index in [2.05, 4.69) is 0 Å². The number of nitrogens with zero attached hydrogens (tertiary/aromatic N) is 1. The fourth-order valence-electron chi connectivity index (χ4n) is 2.32. The number of benzene rings is 1. The van der Waals surface area contributed by atoms with Crippen LogP contribution in [0.5, 0.6) is 5.75 Å². The lowest BCUT2D eigenvalue weighted by Crippen LogP contribution is -2.40. The highest BCUT2D eigenvalue weighted by Crippen LogP contribution is 2.13. The lowest BCUT2D eigenvalue weighted by atomic mass is 10.1. The van der Waals surface area contributed by atoms with Gasteiger partial charge in [-0.2, -0.15) is 0 Å². The zero-order valence-electron chi connectivity index (χ0n) is 12.0. The second-order valence-corrected chi connectivity index (χ2v) is 5.38. The molecule has 0 aromatic heterocycles. The van der Waals surface area contributed by atoms with Crippen molar-refractivity contribution in [2.45, 2.75) is 38.7 Å². The molecule has 110 valence electrons. The molecule has 0 unspecified atom stereocenters. The predicted octanol–water partition coefficient (Wildman–Crippen LogP) is 2.14. The Hall–Kier alpha value is -1.55. The average molecular weight is 277 g/mol. The molecule has 1 aliphatic heterocycles. The van der Waals surface area contributed by atoms with Crippen molar-refractivity contribution < 1.29 is 14.6 Å². The maximum absolute atomic E-state index is 11.9. The summed E-state index contributed by atoms with van der Waals surface area (Å²) in [7, 11) is 0. The van der Waals surface area contributed by atoms with E-state index < -0.39 is 0 Å². The predicted molar refractivity (Wildman–Crippen MR) is 77.7 cm³/mol. The molecular weight excluding hydrogens is 254 g/mol. The summed E-state index contributed by atoms with van der Waals surface area (Å²) in [6.07, 6.45) is 2.41. The minimum atomic E-state index is -0.232. The highest BCUT2D eigenvalue weighted by molar-refractivity contribution is 5.76. The van der Waals surface area contributed by atoms with E-state index in [-0.39, 0.29) is 12.0 Å². The molecule has 1 fully saturated rings. The Kier molecular flexibility index (Phi) is 5.41. The highest BCUT2D eigenvalue weighted by atomic mass is 16.5. The molecule has 0 radical (unpaired) electrons. The molecule has 0 aliphatic carbocycles. The fourth-order valence-corrected chi connectivity index (χ4v) is 2.32. The van der Waals surface area contributed by atoms with Gasteiger partial charge in [-0.15, -0.1) is 0 Å². The molecule has 0 saturated carbocycles. The van der Waals surface area contributed by atoms with Gasteiger partial charge in [0.15, 0.2) is 0 Å². The van der Waals surface area contributed by atoms with Crippen molar-refractivity contribution in [2.24, 2.45) is 0 Å². The molecular formula is C16H23NO3. The number of carbonyl (C=O) groups excluding carboxylic acids is 1. The van der Waals surface area contributed by atoms with Crippen LogP contribution in [-0.2, 0) is 4.79 Å². The number of rotatable bonds is 5. The number of carbonyl (C=O) groups is 1. The van der Waals surface area contributed by atoms with Crippen LogP contribution in [0.4, 0.5) is 0 Å². The number of piperidine rings is 1. The van der Waals surface area contributed by atoms with Crippen molar-refractivity contribution in [3.05, 3.63) is 29.8 Å². The number of aliphatic hydroxyl groups excluding tert-OH is 1. The van der Waals surface area contributed by atoms with Gasteiger partial charge in [0.2, 0.25) is 5.91 Å². The van der Waals surface area contributed by atoms with Crippen LogP contribution in [-0.4, -0.2) is 41.7 Å². The van der Waals surface area contributed by atoms with Gasteiger partial charge in [0, 0.05) is 19.5 Å². The topological polar surface area (TPSA) is 49.8 Å². The third-order valence-electron chi connectivity index (χ3n) is 3.64. The normalized spacial score (nSPS) is 16.2. The Bertz CT molecular complexity index is 422. The SMILES string of the molecule is Cc1ccc(OCCCC(=O)N2CCC(O)CC2)cc1. The average Bonchev–Trinajstić information content (AvgIpc) is 2.46. The van der Waals surface area contributed by atoms with E-state index in [1.165, 1.54) is 5.56 Å². The summed E-state index contributed by atoms with van der Waals surface area (Å²) < 4.78 is 5.61. The molecule has 1 heterocycles. The number of hydrogen-bond donors (Lipinski definition) is 1. The largest absolute Gasteiger partial charge is 0.494 e. The van der Waals surface area contributed by atoms with Gasteiger partial charge >= 0.3 is 0 Å². The van der Waals surface area contributed by atoms with Gasteiger partial charge in [-0.3, -0.25) is 4.79 Å². The Morgan fingerprint density at radius 3 is 2.60 bits per heavy atom. The molecule has 2 rings (SSSR count). The van der Waals surface area contributed by atoms with Gasteiger partial charge < -0.3 is 14.7 Å². The van der Waals surface area contributed by atoms with Crippen LogP contribution >= 0.6 is 0 Å². The molecule has 1 N–H and O–H groups in total. The highest BCUT2D eigenvalue weighted by Gasteiger charge is 2.20. The Labute approximate surface area is 120 Å².